The number of amides is 1. The summed E-state index contributed by atoms with van der Waals surface area (Å²) < 4.78 is 5.50. The Hall–Kier alpha value is -1.26. The van der Waals surface area contributed by atoms with E-state index in [0.717, 1.165) is 25.0 Å². The summed E-state index contributed by atoms with van der Waals surface area (Å²) in [4.78, 5) is 11.8. The summed E-state index contributed by atoms with van der Waals surface area (Å²) >= 11 is 5.78. The fourth-order valence-electron chi connectivity index (χ4n) is 2.52. The first-order chi connectivity index (χ1) is 9.65. The van der Waals surface area contributed by atoms with Crippen molar-refractivity contribution >= 4 is 17.5 Å². The Morgan fingerprint density at radius 1 is 1.35 bits per heavy atom. The van der Waals surface area contributed by atoms with Crippen molar-refractivity contribution in [3.63, 3.8) is 0 Å². The van der Waals surface area contributed by atoms with Crippen molar-refractivity contribution in [3.05, 3.63) is 29.3 Å². The number of nitrogens with one attached hydrogen (secondary N) is 1. The molecular formula is C15H21ClN2O2. The number of rotatable bonds is 6. The van der Waals surface area contributed by atoms with Gasteiger partial charge in [-0.2, -0.15) is 0 Å². The van der Waals surface area contributed by atoms with E-state index in [-0.39, 0.29) is 11.9 Å². The lowest BCUT2D eigenvalue weighted by Crippen LogP contribution is -2.33. The van der Waals surface area contributed by atoms with Crippen molar-refractivity contribution in [2.75, 3.05) is 13.2 Å². The minimum atomic E-state index is 0.0621. The zero-order chi connectivity index (χ0) is 14.4. The van der Waals surface area contributed by atoms with E-state index in [1.807, 2.05) is 12.1 Å². The van der Waals surface area contributed by atoms with Gasteiger partial charge < -0.3 is 15.8 Å². The van der Waals surface area contributed by atoms with E-state index >= 15 is 0 Å². The van der Waals surface area contributed by atoms with Crippen LogP contribution in [0.3, 0.4) is 0 Å². The van der Waals surface area contributed by atoms with Crippen LogP contribution >= 0.6 is 11.6 Å². The molecule has 20 heavy (non-hydrogen) atoms. The highest BCUT2D eigenvalue weighted by Gasteiger charge is 2.25. The largest absolute Gasteiger partial charge is 0.492 e. The second-order valence-corrected chi connectivity index (χ2v) is 5.65. The lowest BCUT2D eigenvalue weighted by molar-refractivity contribution is -0.122. The van der Waals surface area contributed by atoms with Crippen molar-refractivity contribution in [1.82, 2.24) is 5.32 Å². The van der Waals surface area contributed by atoms with Crippen LogP contribution in [0.25, 0.3) is 0 Å². The monoisotopic (exact) mass is 296 g/mol. The first-order valence-corrected chi connectivity index (χ1v) is 7.43. The van der Waals surface area contributed by atoms with Gasteiger partial charge in [0.05, 0.1) is 6.54 Å². The highest BCUT2D eigenvalue weighted by atomic mass is 35.5. The van der Waals surface area contributed by atoms with Gasteiger partial charge in [-0.3, -0.25) is 4.79 Å². The Labute approximate surface area is 124 Å². The number of carbonyl (C=O) groups excluding carboxylic acids is 1. The molecule has 0 heterocycles. The van der Waals surface area contributed by atoms with E-state index in [1.165, 1.54) is 0 Å². The van der Waals surface area contributed by atoms with Gasteiger partial charge in [-0.05, 0) is 43.0 Å². The molecule has 0 radical (unpaired) electrons. The van der Waals surface area contributed by atoms with Crippen molar-refractivity contribution in [2.45, 2.75) is 31.7 Å². The van der Waals surface area contributed by atoms with E-state index in [1.54, 1.807) is 12.1 Å². The van der Waals surface area contributed by atoms with Crippen LogP contribution in [-0.4, -0.2) is 25.1 Å². The first kappa shape index (κ1) is 15.1. The maximum absolute atomic E-state index is 11.8. The molecule has 0 bridgehead atoms. The third kappa shape index (κ3) is 4.69. The van der Waals surface area contributed by atoms with Gasteiger partial charge in [-0.25, -0.2) is 0 Å². The summed E-state index contributed by atoms with van der Waals surface area (Å²) in [6, 6.07) is 7.35. The molecule has 110 valence electrons. The predicted molar refractivity (Wildman–Crippen MR) is 79.9 cm³/mol. The maximum Gasteiger partial charge on any atom is 0.220 e. The minimum absolute atomic E-state index is 0.0621. The maximum atomic E-state index is 11.8. The lowest BCUT2D eigenvalue weighted by Gasteiger charge is -2.14. The molecule has 5 heteroatoms. The molecule has 1 aliphatic rings. The van der Waals surface area contributed by atoms with Crippen molar-refractivity contribution < 1.29 is 9.53 Å². The molecule has 2 atom stereocenters. The second-order valence-electron chi connectivity index (χ2n) is 5.21. The summed E-state index contributed by atoms with van der Waals surface area (Å²) in [6.07, 6.45) is 3.77. The fraction of sp³-hybridized carbons (Fsp3) is 0.533. The SMILES string of the molecule is N[C@@H]1CCC[C@H]1CC(=O)NCCOc1ccc(Cl)cc1. The molecule has 1 fully saturated rings. The van der Waals surface area contributed by atoms with Crippen LogP contribution in [0.5, 0.6) is 5.75 Å². The molecule has 0 aromatic heterocycles. The molecule has 4 nitrogen and oxygen atoms in total. The van der Waals surface area contributed by atoms with E-state index in [0.29, 0.717) is 30.5 Å². The van der Waals surface area contributed by atoms with Gasteiger partial charge in [-0.15, -0.1) is 0 Å². The number of ether oxygens (including phenoxy) is 1. The van der Waals surface area contributed by atoms with E-state index in [9.17, 15) is 4.79 Å². The minimum Gasteiger partial charge on any atom is -0.492 e. The molecule has 1 aliphatic carbocycles. The van der Waals surface area contributed by atoms with Gasteiger partial charge in [0.2, 0.25) is 5.91 Å². The summed E-state index contributed by atoms with van der Waals surface area (Å²) in [7, 11) is 0. The van der Waals surface area contributed by atoms with Crippen LogP contribution in [0.2, 0.25) is 5.02 Å². The van der Waals surface area contributed by atoms with Gasteiger partial charge in [0.25, 0.3) is 0 Å². The number of halogens is 1. The van der Waals surface area contributed by atoms with Crippen LogP contribution in [0.1, 0.15) is 25.7 Å². The fourth-order valence-corrected chi connectivity index (χ4v) is 2.65. The molecule has 0 unspecified atom stereocenters. The summed E-state index contributed by atoms with van der Waals surface area (Å²) in [5, 5.41) is 3.55. The molecule has 1 saturated carbocycles. The van der Waals surface area contributed by atoms with Crippen LogP contribution in [0.4, 0.5) is 0 Å². The van der Waals surface area contributed by atoms with Crippen molar-refractivity contribution in [1.29, 1.82) is 0 Å². The number of benzene rings is 1. The highest BCUT2D eigenvalue weighted by Crippen LogP contribution is 2.26. The number of hydrogen-bond donors (Lipinski definition) is 2. The molecule has 1 aromatic carbocycles. The van der Waals surface area contributed by atoms with Gasteiger partial charge >= 0.3 is 0 Å². The van der Waals surface area contributed by atoms with E-state index in [4.69, 9.17) is 22.1 Å². The van der Waals surface area contributed by atoms with Crippen LogP contribution in [0.15, 0.2) is 24.3 Å². The molecule has 2 rings (SSSR count). The second kappa shape index (κ2) is 7.50. The van der Waals surface area contributed by atoms with Gasteiger partial charge in [0, 0.05) is 17.5 Å². The van der Waals surface area contributed by atoms with Crippen LogP contribution in [-0.2, 0) is 4.79 Å². The molecule has 0 spiro atoms. The molecule has 3 N–H and O–H groups in total. The Morgan fingerprint density at radius 2 is 2.10 bits per heavy atom. The summed E-state index contributed by atoms with van der Waals surface area (Å²) in [5.74, 6) is 1.15. The molecule has 1 amide bonds. The third-order valence-electron chi connectivity index (χ3n) is 3.67. The van der Waals surface area contributed by atoms with Crippen LogP contribution in [0, 0.1) is 5.92 Å². The van der Waals surface area contributed by atoms with E-state index in [2.05, 4.69) is 5.32 Å². The average molecular weight is 297 g/mol. The topological polar surface area (TPSA) is 64.4 Å². The number of hydrogen-bond acceptors (Lipinski definition) is 3. The highest BCUT2D eigenvalue weighted by molar-refractivity contribution is 6.30. The smallest absolute Gasteiger partial charge is 0.220 e. The zero-order valence-corrected chi connectivity index (χ0v) is 12.2. The van der Waals surface area contributed by atoms with E-state index < -0.39 is 0 Å². The lowest BCUT2D eigenvalue weighted by atomic mass is 10.00. The molecule has 0 aliphatic heterocycles. The van der Waals surface area contributed by atoms with Gasteiger partial charge in [-0.1, -0.05) is 18.0 Å². The first-order valence-electron chi connectivity index (χ1n) is 7.06. The Balaban J connectivity index is 1.60. The molecule has 0 saturated heterocycles. The Morgan fingerprint density at radius 3 is 2.75 bits per heavy atom. The summed E-state index contributed by atoms with van der Waals surface area (Å²) in [6.45, 7) is 0.952. The zero-order valence-electron chi connectivity index (χ0n) is 11.5. The molecule has 1 aromatic rings. The quantitative estimate of drug-likeness (QED) is 0.792. The van der Waals surface area contributed by atoms with Gasteiger partial charge in [0.1, 0.15) is 12.4 Å². The Bertz CT molecular complexity index is 436. The number of carbonyl (C=O) groups is 1. The van der Waals surface area contributed by atoms with Crippen LogP contribution < -0.4 is 15.8 Å². The van der Waals surface area contributed by atoms with Gasteiger partial charge in [0.15, 0.2) is 0 Å². The third-order valence-corrected chi connectivity index (χ3v) is 3.92. The molecular weight excluding hydrogens is 276 g/mol. The Kier molecular flexibility index (Phi) is 5.68. The average Bonchev–Trinajstić information content (AvgIpc) is 2.82. The summed E-state index contributed by atoms with van der Waals surface area (Å²) in [5.41, 5.74) is 5.95. The number of nitrogens with two attached hydrogens (primary N) is 1. The predicted octanol–water partition coefficient (Wildman–Crippen LogP) is 2.35. The standard InChI is InChI=1S/C15H21ClN2O2/c16-12-4-6-13(7-5-12)20-9-8-18-15(19)10-11-2-1-3-14(11)17/h4-7,11,14H,1-3,8-10,17H2,(H,18,19)/t11-,14+/m0/s1. The van der Waals surface area contributed by atoms with Crippen molar-refractivity contribution in [3.8, 4) is 5.75 Å². The van der Waals surface area contributed by atoms with Crippen molar-refractivity contribution in [2.24, 2.45) is 11.7 Å². The normalized spacial score (nSPS) is 21.7.